The van der Waals surface area contributed by atoms with Gasteiger partial charge in [0.1, 0.15) is 0 Å². The van der Waals surface area contributed by atoms with Gasteiger partial charge in [-0.05, 0) is 6.42 Å². The Kier molecular flexibility index (Phi) is 4.66. The van der Waals surface area contributed by atoms with Crippen molar-refractivity contribution in [1.82, 2.24) is 20.4 Å². The van der Waals surface area contributed by atoms with E-state index < -0.39 is 0 Å². The number of aryl methyl sites for hydroxylation is 2. The lowest BCUT2D eigenvalue weighted by Crippen LogP contribution is -2.48. The number of nitrogens with one attached hydrogen (secondary N) is 2. The molecule has 2 N–H and O–H groups in total. The number of thioether (sulfide) groups is 1. The van der Waals surface area contributed by atoms with Crippen molar-refractivity contribution in [3.8, 4) is 0 Å². The van der Waals surface area contributed by atoms with Crippen LogP contribution >= 0.6 is 11.8 Å². The Morgan fingerprint density at radius 3 is 3.22 bits per heavy atom. The molecule has 18 heavy (non-hydrogen) atoms. The SMILES string of the molecule is CCc1nn(C)cc1CNC(=O)C1CSCCN1. The Morgan fingerprint density at radius 2 is 2.56 bits per heavy atom. The van der Waals surface area contributed by atoms with Crippen LogP contribution < -0.4 is 10.6 Å². The quantitative estimate of drug-likeness (QED) is 0.825. The number of hydrogen-bond donors (Lipinski definition) is 2. The molecule has 1 atom stereocenters. The first-order chi connectivity index (χ1) is 8.70. The van der Waals surface area contributed by atoms with Crippen LogP contribution in [-0.4, -0.2) is 39.8 Å². The molecule has 0 bridgehead atoms. The van der Waals surface area contributed by atoms with Crippen LogP contribution in [0.4, 0.5) is 0 Å². The third kappa shape index (κ3) is 3.26. The lowest BCUT2D eigenvalue weighted by Gasteiger charge is -2.22. The molecule has 1 fully saturated rings. The van der Waals surface area contributed by atoms with Gasteiger partial charge in [0.05, 0.1) is 11.7 Å². The second-order valence-electron chi connectivity index (χ2n) is 4.43. The van der Waals surface area contributed by atoms with Crippen LogP contribution in [0.1, 0.15) is 18.2 Å². The Labute approximate surface area is 112 Å². The second-order valence-corrected chi connectivity index (χ2v) is 5.58. The van der Waals surface area contributed by atoms with Gasteiger partial charge in [-0.25, -0.2) is 0 Å². The molecule has 0 radical (unpaired) electrons. The maximum absolute atomic E-state index is 12.0. The van der Waals surface area contributed by atoms with Gasteiger partial charge in [0.25, 0.3) is 0 Å². The Balaban J connectivity index is 1.88. The summed E-state index contributed by atoms with van der Waals surface area (Å²) in [5.74, 6) is 2.04. The van der Waals surface area contributed by atoms with Crippen molar-refractivity contribution < 1.29 is 4.79 Å². The maximum atomic E-state index is 12.0. The van der Waals surface area contributed by atoms with Gasteiger partial charge in [-0.3, -0.25) is 9.48 Å². The van der Waals surface area contributed by atoms with Crippen molar-refractivity contribution in [2.75, 3.05) is 18.1 Å². The third-order valence-electron chi connectivity index (χ3n) is 3.02. The topological polar surface area (TPSA) is 59.0 Å². The van der Waals surface area contributed by atoms with Crippen molar-refractivity contribution in [1.29, 1.82) is 0 Å². The highest BCUT2D eigenvalue weighted by Gasteiger charge is 2.20. The molecule has 1 unspecified atom stereocenters. The van der Waals surface area contributed by atoms with Crippen LogP contribution in [0.15, 0.2) is 6.20 Å². The molecule has 1 aliphatic heterocycles. The molecule has 0 saturated carbocycles. The van der Waals surface area contributed by atoms with Gasteiger partial charge in [0.2, 0.25) is 5.91 Å². The number of carbonyl (C=O) groups excluding carboxylic acids is 1. The highest BCUT2D eigenvalue weighted by atomic mass is 32.2. The van der Waals surface area contributed by atoms with Gasteiger partial charge in [-0.2, -0.15) is 16.9 Å². The summed E-state index contributed by atoms with van der Waals surface area (Å²) < 4.78 is 1.80. The minimum atomic E-state index is -0.0505. The fourth-order valence-corrected chi connectivity index (χ4v) is 3.00. The number of hydrogen-bond acceptors (Lipinski definition) is 4. The number of carbonyl (C=O) groups is 1. The molecule has 1 aliphatic rings. The van der Waals surface area contributed by atoms with Gasteiger partial charge >= 0.3 is 0 Å². The Bertz CT molecular complexity index is 412. The number of amides is 1. The average molecular weight is 268 g/mol. The summed E-state index contributed by atoms with van der Waals surface area (Å²) in [4.78, 5) is 12.0. The van der Waals surface area contributed by atoms with Gasteiger partial charge in [-0.15, -0.1) is 0 Å². The molecule has 1 amide bonds. The Hall–Kier alpha value is -1.01. The molecule has 1 saturated heterocycles. The van der Waals surface area contributed by atoms with E-state index in [0.717, 1.165) is 35.7 Å². The molecule has 5 nitrogen and oxygen atoms in total. The molecule has 0 spiro atoms. The predicted octanol–water partition coefficient (Wildman–Crippen LogP) is 0.304. The normalized spacial score (nSPS) is 19.8. The fraction of sp³-hybridized carbons (Fsp3) is 0.667. The zero-order valence-electron chi connectivity index (χ0n) is 10.9. The standard InChI is InChI=1S/C12H20N4OS/c1-3-10-9(7-16(2)15-10)6-14-12(17)11-8-18-5-4-13-11/h7,11,13H,3-6,8H2,1-2H3,(H,14,17). The van der Waals surface area contributed by atoms with E-state index >= 15 is 0 Å². The number of aromatic nitrogens is 2. The molecule has 2 heterocycles. The first-order valence-electron chi connectivity index (χ1n) is 6.31. The highest BCUT2D eigenvalue weighted by Crippen LogP contribution is 2.09. The first-order valence-corrected chi connectivity index (χ1v) is 7.46. The predicted molar refractivity (Wildman–Crippen MR) is 73.5 cm³/mol. The monoisotopic (exact) mass is 268 g/mol. The smallest absolute Gasteiger partial charge is 0.238 e. The van der Waals surface area contributed by atoms with E-state index in [1.54, 1.807) is 4.68 Å². The van der Waals surface area contributed by atoms with Crippen molar-refractivity contribution in [3.05, 3.63) is 17.5 Å². The van der Waals surface area contributed by atoms with Gasteiger partial charge in [0, 0.05) is 43.4 Å². The van der Waals surface area contributed by atoms with Crippen LogP contribution in [0.5, 0.6) is 0 Å². The van der Waals surface area contributed by atoms with E-state index in [-0.39, 0.29) is 11.9 Å². The van der Waals surface area contributed by atoms with Gasteiger partial charge in [-0.1, -0.05) is 6.92 Å². The highest BCUT2D eigenvalue weighted by molar-refractivity contribution is 7.99. The van der Waals surface area contributed by atoms with E-state index in [2.05, 4.69) is 22.7 Å². The van der Waals surface area contributed by atoms with Crippen LogP contribution in [0.25, 0.3) is 0 Å². The zero-order chi connectivity index (χ0) is 13.0. The van der Waals surface area contributed by atoms with E-state index in [9.17, 15) is 4.79 Å². The van der Waals surface area contributed by atoms with Crippen LogP contribution in [0.3, 0.4) is 0 Å². The van der Waals surface area contributed by atoms with Crippen molar-refractivity contribution in [2.24, 2.45) is 7.05 Å². The van der Waals surface area contributed by atoms with Gasteiger partial charge in [0.15, 0.2) is 0 Å². The molecule has 0 aromatic carbocycles. The lowest BCUT2D eigenvalue weighted by molar-refractivity contribution is -0.122. The summed E-state index contributed by atoms with van der Waals surface area (Å²) in [5.41, 5.74) is 2.17. The molecule has 100 valence electrons. The molecule has 6 heteroatoms. The summed E-state index contributed by atoms with van der Waals surface area (Å²) in [5, 5.41) is 10.6. The summed E-state index contributed by atoms with van der Waals surface area (Å²) in [6, 6.07) is -0.0505. The fourth-order valence-electron chi connectivity index (χ4n) is 2.07. The van der Waals surface area contributed by atoms with Crippen LogP contribution in [-0.2, 0) is 24.8 Å². The summed E-state index contributed by atoms with van der Waals surface area (Å²) >= 11 is 1.82. The molecular formula is C12H20N4OS. The molecule has 0 aliphatic carbocycles. The van der Waals surface area contributed by atoms with Crippen LogP contribution in [0, 0.1) is 0 Å². The van der Waals surface area contributed by atoms with Crippen molar-refractivity contribution in [2.45, 2.75) is 25.9 Å². The van der Waals surface area contributed by atoms with Gasteiger partial charge < -0.3 is 10.6 Å². The third-order valence-corrected chi connectivity index (χ3v) is 4.08. The summed E-state index contributed by atoms with van der Waals surface area (Å²) in [6.45, 7) is 3.56. The number of rotatable bonds is 4. The zero-order valence-corrected chi connectivity index (χ0v) is 11.7. The summed E-state index contributed by atoms with van der Waals surface area (Å²) in [7, 11) is 1.91. The second kappa shape index (κ2) is 6.24. The Morgan fingerprint density at radius 1 is 1.72 bits per heavy atom. The van der Waals surface area contributed by atoms with Crippen LogP contribution in [0.2, 0.25) is 0 Å². The minimum Gasteiger partial charge on any atom is -0.351 e. The largest absolute Gasteiger partial charge is 0.351 e. The number of nitrogens with zero attached hydrogens (tertiary/aromatic N) is 2. The first kappa shape index (κ1) is 13.4. The molecule has 2 rings (SSSR count). The van der Waals surface area contributed by atoms with E-state index in [0.29, 0.717) is 6.54 Å². The minimum absolute atomic E-state index is 0.0505. The van der Waals surface area contributed by atoms with E-state index in [1.165, 1.54) is 0 Å². The van der Waals surface area contributed by atoms with Crippen molar-refractivity contribution >= 4 is 17.7 Å². The van der Waals surface area contributed by atoms with E-state index in [1.807, 2.05) is 25.0 Å². The summed E-state index contributed by atoms with van der Waals surface area (Å²) in [6.07, 6.45) is 2.87. The molecule has 1 aromatic heterocycles. The van der Waals surface area contributed by atoms with E-state index in [4.69, 9.17) is 0 Å². The average Bonchev–Trinajstić information content (AvgIpc) is 2.77. The molecule has 1 aromatic rings. The molecular weight excluding hydrogens is 248 g/mol. The van der Waals surface area contributed by atoms with Crippen molar-refractivity contribution in [3.63, 3.8) is 0 Å². The maximum Gasteiger partial charge on any atom is 0.238 e. The lowest BCUT2D eigenvalue weighted by atomic mass is 10.2.